The van der Waals surface area contributed by atoms with Crippen molar-refractivity contribution < 1.29 is 33.8 Å². The molecule has 0 radical (unpaired) electrons. The van der Waals surface area contributed by atoms with Crippen LogP contribution in [-0.2, 0) is 4.79 Å². The minimum absolute atomic E-state index is 0.00999. The fourth-order valence-electron chi connectivity index (χ4n) is 4.17. The number of ether oxygens (including phenoxy) is 2. The van der Waals surface area contributed by atoms with E-state index in [-0.39, 0.29) is 18.9 Å². The molecule has 1 saturated heterocycles. The predicted octanol–water partition coefficient (Wildman–Crippen LogP) is 4.49. The van der Waals surface area contributed by atoms with E-state index in [1.807, 2.05) is 48.5 Å². The van der Waals surface area contributed by atoms with Crippen molar-refractivity contribution in [2.75, 3.05) is 33.9 Å². The standard InChI is InChI=1S/C26H29N3O7/c1-34-20-7-3-17(4-8-20)23-24(18-5-9-21(35-2)10-6-18)36-25(27-23)19-11-14-28(15-12-19)26(32)29(33)16-13-22(30)31/h3-10,19,33H,11-16H2,1-2H3,(H,30,31). The normalized spacial score (nSPS) is 13.9. The Hall–Kier alpha value is -4.05. The number of benzene rings is 2. The number of hydroxylamine groups is 2. The molecule has 0 bridgehead atoms. The van der Waals surface area contributed by atoms with Gasteiger partial charge in [0.05, 0.1) is 27.2 Å². The van der Waals surface area contributed by atoms with Gasteiger partial charge in [0.25, 0.3) is 0 Å². The molecule has 0 saturated carbocycles. The van der Waals surface area contributed by atoms with Crippen molar-refractivity contribution >= 4 is 12.0 Å². The monoisotopic (exact) mass is 495 g/mol. The first kappa shape index (κ1) is 25.1. The number of urea groups is 1. The number of carbonyl (C=O) groups is 2. The summed E-state index contributed by atoms with van der Waals surface area (Å²) in [5, 5.41) is 19.1. The van der Waals surface area contributed by atoms with Gasteiger partial charge in [-0.15, -0.1) is 0 Å². The van der Waals surface area contributed by atoms with E-state index in [9.17, 15) is 14.8 Å². The second-order valence-corrected chi connectivity index (χ2v) is 8.50. The van der Waals surface area contributed by atoms with Crippen LogP contribution in [0.4, 0.5) is 4.79 Å². The summed E-state index contributed by atoms with van der Waals surface area (Å²) in [4.78, 5) is 29.5. The zero-order valence-electron chi connectivity index (χ0n) is 20.2. The lowest BCUT2D eigenvalue weighted by Crippen LogP contribution is -2.45. The second-order valence-electron chi connectivity index (χ2n) is 8.50. The van der Waals surface area contributed by atoms with Crippen molar-refractivity contribution in [2.24, 2.45) is 0 Å². The molecule has 0 unspecified atom stereocenters. The smallest absolute Gasteiger partial charge is 0.343 e. The first-order valence-electron chi connectivity index (χ1n) is 11.7. The average molecular weight is 496 g/mol. The van der Waals surface area contributed by atoms with E-state index in [0.29, 0.717) is 48.3 Å². The SMILES string of the molecule is COc1ccc(-c2nc(C3CCN(C(=O)N(O)CCC(=O)O)CC3)oc2-c2ccc(OC)cc2)cc1. The van der Waals surface area contributed by atoms with Crippen LogP contribution in [0, 0.1) is 0 Å². The van der Waals surface area contributed by atoms with Crippen LogP contribution in [0.2, 0.25) is 0 Å². The first-order valence-corrected chi connectivity index (χ1v) is 11.7. The lowest BCUT2D eigenvalue weighted by Gasteiger charge is -2.32. The van der Waals surface area contributed by atoms with Crippen molar-refractivity contribution in [3.63, 3.8) is 0 Å². The van der Waals surface area contributed by atoms with Gasteiger partial charge in [-0.2, -0.15) is 0 Å². The highest BCUT2D eigenvalue weighted by Crippen LogP contribution is 2.38. The third-order valence-corrected chi connectivity index (χ3v) is 6.23. The first-order chi connectivity index (χ1) is 17.4. The molecule has 0 atom stereocenters. The number of likely N-dealkylation sites (tertiary alicyclic amines) is 1. The molecule has 1 aliphatic rings. The number of hydrogen-bond donors (Lipinski definition) is 2. The maximum Gasteiger partial charge on any atom is 0.343 e. The summed E-state index contributed by atoms with van der Waals surface area (Å²) in [6.45, 7) is 0.530. The molecular formula is C26H29N3O7. The van der Waals surface area contributed by atoms with Crippen LogP contribution in [0.15, 0.2) is 52.9 Å². The van der Waals surface area contributed by atoms with Crippen molar-refractivity contribution in [2.45, 2.75) is 25.2 Å². The highest BCUT2D eigenvalue weighted by atomic mass is 16.5. The molecule has 10 nitrogen and oxygen atoms in total. The Morgan fingerprint density at radius 2 is 1.56 bits per heavy atom. The van der Waals surface area contributed by atoms with Crippen molar-refractivity contribution in [3.8, 4) is 34.1 Å². The average Bonchev–Trinajstić information content (AvgIpc) is 3.37. The van der Waals surface area contributed by atoms with Crippen LogP contribution in [0.5, 0.6) is 11.5 Å². The topological polar surface area (TPSA) is 126 Å². The lowest BCUT2D eigenvalue weighted by atomic mass is 9.97. The molecule has 3 aromatic rings. The number of rotatable bonds is 8. The molecule has 36 heavy (non-hydrogen) atoms. The summed E-state index contributed by atoms with van der Waals surface area (Å²) in [6, 6.07) is 14.6. The predicted molar refractivity (Wildman–Crippen MR) is 130 cm³/mol. The Labute approximate surface area is 208 Å². The molecule has 2 N–H and O–H groups in total. The van der Waals surface area contributed by atoms with E-state index in [2.05, 4.69) is 0 Å². The highest BCUT2D eigenvalue weighted by molar-refractivity contribution is 5.77. The third-order valence-electron chi connectivity index (χ3n) is 6.23. The van der Waals surface area contributed by atoms with E-state index in [1.165, 1.54) is 4.90 Å². The summed E-state index contributed by atoms with van der Waals surface area (Å²) in [7, 11) is 3.23. The summed E-state index contributed by atoms with van der Waals surface area (Å²) in [5.74, 6) is 1.63. The van der Waals surface area contributed by atoms with Gasteiger partial charge in [0.15, 0.2) is 11.7 Å². The maximum atomic E-state index is 12.4. The maximum absolute atomic E-state index is 12.4. The lowest BCUT2D eigenvalue weighted by molar-refractivity contribution is -0.139. The fourth-order valence-corrected chi connectivity index (χ4v) is 4.17. The zero-order valence-corrected chi connectivity index (χ0v) is 20.2. The van der Waals surface area contributed by atoms with Crippen molar-refractivity contribution in [1.82, 2.24) is 14.9 Å². The summed E-state index contributed by atoms with van der Waals surface area (Å²) < 4.78 is 16.9. The Morgan fingerprint density at radius 1 is 1.00 bits per heavy atom. The number of carbonyl (C=O) groups excluding carboxylic acids is 1. The van der Waals surface area contributed by atoms with E-state index in [1.54, 1.807) is 14.2 Å². The van der Waals surface area contributed by atoms with Crippen molar-refractivity contribution in [3.05, 3.63) is 54.4 Å². The van der Waals surface area contributed by atoms with Crippen LogP contribution in [0.1, 0.15) is 31.1 Å². The number of nitrogens with zero attached hydrogens (tertiary/aromatic N) is 3. The fraction of sp³-hybridized carbons (Fsp3) is 0.346. The molecular weight excluding hydrogens is 466 g/mol. The van der Waals surface area contributed by atoms with Crippen LogP contribution in [0.3, 0.4) is 0 Å². The summed E-state index contributed by atoms with van der Waals surface area (Å²) >= 11 is 0. The Morgan fingerprint density at radius 3 is 2.08 bits per heavy atom. The van der Waals surface area contributed by atoms with E-state index in [0.717, 1.165) is 22.6 Å². The van der Waals surface area contributed by atoms with Crippen LogP contribution >= 0.6 is 0 Å². The molecule has 1 aromatic heterocycles. The Kier molecular flexibility index (Phi) is 7.74. The van der Waals surface area contributed by atoms with Gasteiger partial charge >= 0.3 is 12.0 Å². The molecule has 10 heteroatoms. The van der Waals surface area contributed by atoms with Gasteiger partial charge in [0.2, 0.25) is 0 Å². The molecule has 1 fully saturated rings. The molecule has 4 rings (SSSR count). The molecule has 2 aromatic carbocycles. The number of amides is 2. The minimum Gasteiger partial charge on any atom is -0.497 e. The number of methoxy groups -OCH3 is 2. The number of hydrogen-bond acceptors (Lipinski definition) is 7. The Bertz CT molecular complexity index is 1120. The highest BCUT2D eigenvalue weighted by Gasteiger charge is 2.30. The number of oxazole rings is 1. The number of aliphatic carboxylic acids is 1. The van der Waals surface area contributed by atoms with Crippen LogP contribution in [0.25, 0.3) is 22.6 Å². The van der Waals surface area contributed by atoms with Gasteiger partial charge in [-0.05, 0) is 61.4 Å². The second kappa shape index (κ2) is 11.1. The molecule has 1 aliphatic heterocycles. The molecule has 0 spiro atoms. The van der Waals surface area contributed by atoms with Crippen molar-refractivity contribution in [1.29, 1.82) is 0 Å². The van der Waals surface area contributed by atoms with Crippen LogP contribution in [-0.4, -0.2) is 71.1 Å². The van der Waals surface area contributed by atoms with Gasteiger partial charge in [-0.25, -0.2) is 14.8 Å². The number of aromatic nitrogens is 1. The number of carboxylic acid groups (broad SMARTS) is 1. The summed E-state index contributed by atoms with van der Waals surface area (Å²) in [6.07, 6.45) is 0.879. The van der Waals surface area contributed by atoms with Gasteiger partial charge < -0.3 is 23.9 Å². The Balaban J connectivity index is 1.54. The number of carboxylic acids is 1. The zero-order chi connectivity index (χ0) is 25.7. The van der Waals surface area contributed by atoms with Gasteiger partial charge in [0.1, 0.15) is 17.2 Å². The van der Waals surface area contributed by atoms with E-state index in [4.69, 9.17) is 24.0 Å². The summed E-state index contributed by atoms with van der Waals surface area (Å²) in [5.41, 5.74) is 2.47. The van der Waals surface area contributed by atoms with E-state index < -0.39 is 12.0 Å². The molecule has 190 valence electrons. The molecule has 0 aliphatic carbocycles. The minimum atomic E-state index is -1.08. The number of piperidine rings is 1. The van der Waals surface area contributed by atoms with Crippen LogP contribution < -0.4 is 9.47 Å². The molecule has 2 amide bonds. The van der Waals surface area contributed by atoms with Gasteiger partial charge in [-0.1, -0.05) is 0 Å². The molecule has 2 heterocycles. The van der Waals surface area contributed by atoms with Gasteiger partial charge in [-0.3, -0.25) is 10.0 Å². The largest absolute Gasteiger partial charge is 0.497 e. The van der Waals surface area contributed by atoms with E-state index >= 15 is 0 Å². The third kappa shape index (κ3) is 5.60. The van der Waals surface area contributed by atoms with Gasteiger partial charge in [0, 0.05) is 30.1 Å². The quantitative estimate of drug-likeness (QED) is 0.346.